The molecule has 7 aromatic carbocycles. The van der Waals surface area contributed by atoms with Gasteiger partial charge in [0, 0.05) is 34.1 Å². The maximum atomic E-state index is 2.35. The summed E-state index contributed by atoms with van der Waals surface area (Å²) in [6.45, 7) is 12.9. The lowest BCUT2D eigenvalue weighted by atomic mass is 9.99. The summed E-state index contributed by atoms with van der Waals surface area (Å²) in [6.07, 6.45) is 0. The van der Waals surface area contributed by atoms with Gasteiger partial charge >= 0.3 is 0 Å². The second kappa shape index (κ2) is 13.9. The normalized spacial score (nSPS) is 11.0. The molecule has 0 aromatic heterocycles. The van der Waals surface area contributed by atoms with Gasteiger partial charge in [0.25, 0.3) is 0 Å². The van der Waals surface area contributed by atoms with Gasteiger partial charge in [0.1, 0.15) is 0 Å². The Morgan fingerprint density at radius 1 is 0.260 bits per heavy atom. The lowest BCUT2D eigenvalue weighted by Gasteiger charge is -2.27. The van der Waals surface area contributed by atoms with Gasteiger partial charge in [-0.05, 0) is 136 Å². The van der Waals surface area contributed by atoms with Crippen LogP contribution in [0.4, 0.5) is 34.1 Å². The molecular formula is C48H44N2. The average Bonchev–Trinajstić information content (AvgIpc) is 3.12. The molecule has 7 aromatic rings. The summed E-state index contributed by atoms with van der Waals surface area (Å²) in [5.41, 5.74) is 19.3. The number of hydrogen-bond donors (Lipinski definition) is 0. The standard InChI is InChI=1S/C48H44N2/c1-33-7-21-43(22-8-33)49(47-29-11-35(3)31-37(47)5)45-25-17-41(18-26-45)39-13-15-40(16-14-39)42-19-27-46(28-20-42)50(44-23-9-34(2)10-24-44)48-30-12-36(4)32-38(48)6/h7-32H,1-6H3. The van der Waals surface area contributed by atoms with Gasteiger partial charge < -0.3 is 9.80 Å². The van der Waals surface area contributed by atoms with E-state index in [0.717, 1.165) is 22.7 Å². The fourth-order valence-corrected chi connectivity index (χ4v) is 6.82. The first-order valence-electron chi connectivity index (χ1n) is 17.4. The molecule has 50 heavy (non-hydrogen) atoms. The molecule has 0 radical (unpaired) electrons. The third kappa shape index (κ3) is 6.84. The van der Waals surface area contributed by atoms with Gasteiger partial charge in [0.15, 0.2) is 0 Å². The molecule has 0 aliphatic carbocycles. The van der Waals surface area contributed by atoms with E-state index in [2.05, 4.69) is 209 Å². The molecule has 0 saturated heterocycles. The van der Waals surface area contributed by atoms with Crippen molar-refractivity contribution < 1.29 is 0 Å². The van der Waals surface area contributed by atoms with Gasteiger partial charge in [-0.25, -0.2) is 0 Å². The fraction of sp³-hybridized carbons (Fsp3) is 0.125. The summed E-state index contributed by atoms with van der Waals surface area (Å²) in [6, 6.07) is 57.7. The number of benzene rings is 7. The lowest BCUT2D eigenvalue weighted by Crippen LogP contribution is -2.11. The molecule has 2 nitrogen and oxygen atoms in total. The molecule has 0 aliphatic heterocycles. The van der Waals surface area contributed by atoms with Crippen molar-refractivity contribution in [1.82, 2.24) is 0 Å². The van der Waals surface area contributed by atoms with Crippen LogP contribution in [0.25, 0.3) is 22.3 Å². The molecular weight excluding hydrogens is 605 g/mol. The van der Waals surface area contributed by atoms with Crippen LogP contribution >= 0.6 is 0 Å². The highest BCUT2D eigenvalue weighted by Gasteiger charge is 2.17. The number of aryl methyl sites for hydroxylation is 6. The summed E-state index contributed by atoms with van der Waals surface area (Å²) in [4.78, 5) is 4.70. The highest BCUT2D eigenvalue weighted by Crippen LogP contribution is 2.40. The first-order chi connectivity index (χ1) is 24.2. The van der Waals surface area contributed by atoms with Crippen LogP contribution in [-0.2, 0) is 0 Å². The number of nitrogens with zero attached hydrogens (tertiary/aromatic N) is 2. The van der Waals surface area contributed by atoms with Crippen molar-refractivity contribution in [3.8, 4) is 22.3 Å². The molecule has 0 heterocycles. The third-order valence-corrected chi connectivity index (χ3v) is 9.57. The first-order valence-corrected chi connectivity index (χ1v) is 17.4. The highest BCUT2D eigenvalue weighted by molar-refractivity contribution is 5.82. The van der Waals surface area contributed by atoms with E-state index in [1.165, 1.54) is 67.0 Å². The minimum absolute atomic E-state index is 1.14. The lowest BCUT2D eigenvalue weighted by molar-refractivity contribution is 1.23. The van der Waals surface area contributed by atoms with E-state index in [4.69, 9.17) is 0 Å². The summed E-state index contributed by atoms with van der Waals surface area (Å²) in [5, 5.41) is 0. The van der Waals surface area contributed by atoms with Crippen LogP contribution in [0, 0.1) is 41.5 Å². The molecule has 2 heteroatoms. The third-order valence-electron chi connectivity index (χ3n) is 9.57. The molecule has 0 atom stereocenters. The summed E-state index contributed by atoms with van der Waals surface area (Å²) in [7, 11) is 0. The Morgan fingerprint density at radius 2 is 0.500 bits per heavy atom. The van der Waals surface area contributed by atoms with E-state index in [1.54, 1.807) is 0 Å². The van der Waals surface area contributed by atoms with Gasteiger partial charge in [0.2, 0.25) is 0 Å². The average molecular weight is 649 g/mol. The van der Waals surface area contributed by atoms with Gasteiger partial charge in [0.05, 0.1) is 0 Å². The number of anilines is 6. The zero-order valence-electron chi connectivity index (χ0n) is 29.9. The smallest absolute Gasteiger partial charge is 0.0490 e. The predicted molar refractivity (Wildman–Crippen MR) is 215 cm³/mol. The maximum absolute atomic E-state index is 2.35. The van der Waals surface area contributed by atoms with Crippen LogP contribution in [0.1, 0.15) is 33.4 Å². The molecule has 0 bridgehead atoms. The van der Waals surface area contributed by atoms with Crippen molar-refractivity contribution in [2.75, 3.05) is 9.80 Å². The molecule has 0 spiro atoms. The Kier molecular flexibility index (Phi) is 9.11. The van der Waals surface area contributed by atoms with E-state index in [1.807, 2.05) is 0 Å². The zero-order valence-corrected chi connectivity index (χ0v) is 29.9. The predicted octanol–water partition coefficient (Wildman–Crippen LogP) is 13.8. The molecule has 0 saturated carbocycles. The van der Waals surface area contributed by atoms with E-state index >= 15 is 0 Å². The largest absolute Gasteiger partial charge is 0.310 e. The monoisotopic (exact) mass is 648 g/mol. The van der Waals surface area contributed by atoms with Crippen molar-refractivity contribution in [2.24, 2.45) is 0 Å². The Bertz CT molecular complexity index is 2060. The van der Waals surface area contributed by atoms with E-state index in [0.29, 0.717) is 0 Å². The van der Waals surface area contributed by atoms with Crippen LogP contribution in [0.3, 0.4) is 0 Å². The second-order valence-electron chi connectivity index (χ2n) is 13.6. The molecule has 0 amide bonds. The molecule has 7 rings (SSSR count). The van der Waals surface area contributed by atoms with Crippen LogP contribution in [-0.4, -0.2) is 0 Å². The van der Waals surface area contributed by atoms with E-state index < -0.39 is 0 Å². The minimum Gasteiger partial charge on any atom is -0.310 e. The summed E-state index contributed by atoms with van der Waals surface area (Å²) >= 11 is 0. The number of hydrogen-bond acceptors (Lipinski definition) is 2. The molecule has 0 fully saturated rings. The van der Waals surface area contributed by atoms with E-state index in [-0.39, 0.29) is 0 Å². The Balaban J connectivity index is 1.15. The van der Waals surface area contributed by atoms with Crippen molar-refractivity contribution in [2.45, 2.75) is 41.5 Å². The van der Waals surface area contributed by atoms with Crippen LogP contribution in [0.2, 0.25) is 0 Å². The van der Waals surface area contributed by atoms with Crippen molar-refractivity contribution in [3.05, 3.63) is 191 Å². The molecule has 246 valence electrons. The first kappa shape index (κ1) is 32.7. The van der Waals surface area contributed by atoms with Crippen molar-refractivity contribution in [3.63, 3.8) is 0 Å². The quantitative estimate of drug-likeness (QED) is 0.162. The van der Waals surface area contributed by atoms with Crippen LogP contribution in [0.5, 0.6) is 0 Å². The van der Waals surface area contributed by atoms with E-state index in [9.17, 15) is 0 Å². The van der Waals surface area contributed by atoms with Crippen LogP contribution < -0.4 is 9.80 Å². The zero-order chi connectivity index (χ0) is 34.8. The van der Waals surface area contributed by atoms with Gasteiger partial charge in [-0.1, -0.05) is 119 Å². The van der Waals surface area contributed by atoms with Crippen molar-refractivity contribution in [1.29, 1.82) is 0 Å². The SMILES string of the molecule is Cc1ccc(N(c2ccc(-c3ccc(-c4ccc(N(c5ccc(C)cc5)c5ccc(C)cc5C)cc4)cc3)cc2)c2ccc(C)cc2C)cc1. The van der Waals surface area contributed by atoms with Gasteiger partial charge in [-0.15, -0.1) is 0 Å². The minimum atomic E-state index is 1.14. The highest BCUT2D eigenvalue weighted by atomic mass is 15.1. The van der Waals surface area contributed by atoms with Crippen molar-refractivity contribution >= 4 is 34.1 Å². The van der Waals surface area contributed by atoms with Crippen LogP contribution in [0.15, 0.2) is 158 Å². The summed E-state index contributed by atoms with van der Waals surface area (Å²) in [5.74, 6) is 0. The second-order valence-corrected chi connectivity index (χ2v) is 13.6. The summed E-state index contributed by atoms with van der Waals surface area (Å²) < 4.78 is 0. The maximum Gasteiger partial charge on any atom is 0.0490 e. The fourth-order valence-electron chi connectivity index (χ4n) is 6.82. The topological polar surface area (TPSA) is 6.48 Å². The Morgan fingerprint density at radius 3 is 0.780 bits per heavy atom. The number of rotatable bonds is 8. The molecule has 0 N–H and O–H groups in total. The van der Waals surface area contributed by atoms with Gasteiger partial charge in [-0.2, -0.15) is 0 Å². The van der Waals surface area contributed by atoms with Gasteiger partial charge in [-0.3, -0.25) is 0 Å². The Hall–Kier alpha value is -5.86. The molecule has 0 aliphatic rings. The Labute approximate surface area is 297 Å². The molecule has 0 unspecified atom stereocenters.